The Bertz CT molecular complexity index is 1240. The number of thiophene rings is 1. The van der Waals surface area contributed by atoms with E-state index in [9.17, 15) is 31.2 Å². The summed E-state index contributed by atoms with van der Waals surface area (Å²) in [7, 11) is -2.92. The highest BCUT2D eigenvalue weighted by Gasteiger charge is 2.31. The van der Waals surface area contributed by atoms with E-state index in [1.54, 1.807) is 0 Å². The maximum absolute atomic E-state index is 12.9. The summed E-state index contributed by atoms with van der Waals surface area (Å²) in [6.45, 7) is -0.223. The predicted molar refractivity (Wildman–Crippen MR) is 109 cm³/mol. The van der Waals surface area contributed by atoms with Crippen LogP contribution in [0.5, 0.6) is 0 Å². The molecule has 0 saturated carbocycles. The number of carbonyl (C=O) groups excluding carboxylic acids is 2. The van der Waals surface area contributed by atoms with Crippen molar-refractivity contribution < 1.29 is 31.2 Å². The average Bonchev–Trinajstić information content (AvgIpc) is 3.38. The number of alkyl halides is 3. The number of sulfonamides is 1. The maximum Gasteiger partial charge on any atom is 0.416 e. The van der Waals surface area contributed by atoms with Crippen molar-refractivity contribution in [2.24, 2.45) is 5.73 Å². The van der Waals surface area contributed by atoms with E-state index in [1.807, 2.05) is 0 Å². The normalized spacial score (nSPS) is 12.2. The van der Waals surface area contributed by atoms with E-state index in [2.05, 4.69) is 15.5 Å². The van der Waals surface area contributed by atoms with Gasteiger partial charge in [-0.3, -0.25) is 14.7 Å². The zero-order valence-corrected chi connectivity index (χ0v) is 17.9. The lowest BCUT2D eigenvalue weighted by molar-refractivity contribution is -0.137. The fourth-order valence-electron chi connectivity index (χ4n) is 2.62. The van der Waals surface area contributed by atoms with Gasteiger partial charge in [-0.15, -0.1) is 11.3 Å². The molecular formula is C18H16F3N5O4S2. The molecule has 0 atom stereocenters. The van der Waals surface area contributed by atoms with Crippen molar-refractivity contribution in [2.75, 3.05) is 12.4 Å². The highest BCUT2D eigenvalue weighted by Crippen LogP contribution is 2.34. The molecule has 0 aliphatic carbocycles. The molecule has 2 amide bonds. The first-order valence-corrected chi connectivity index (χ1v) is 11.0. The standard InChI is InChI=1S/C18H16F3N5O4S2/c1-26(9-10-2-4-11(5-3-10)18(19,20)21)32(29,30)14-8-12(15(22)27)17(31-14)24-16(28)13-6-7-23-25-13/h2-8H,9H2,1H3,(H2,22,27)(H,23,25)(H,24,28). The molecule has 14 heteroatoms. The lowest BCUT2D eigenvalue weighted by Gasteiger charge is -2.16. The Morgan fingerprint density at radius 1 is 1.22 bits per heavy atom. The van der Waals surface area contributed by atoms with Crippen LogP contribution in [0.2, 0.25) is 0 Å². The highest BCUT2D eigenvalue weighted by atomic mass is 32.2. The molecule has 3 rings (SSSR count). The van der Waals surface area contributed by atoms with Gasteiger partial charge in [0.25, 0.3) is 21.8 Å². The van der Waals surface area contributed by atoms with E-state index in [0.29, 0.717) is 16.9 Å². The van der Waals surface area contributed by atoms with Gasteiger partial charge in [0, 0.05) is 19.8 Å². The zero-order valence-electron chi connectivity index (χ0n) is 16.3. The van der Waals surface area contributed by atoms with E-state index >= 15 is 0 Å². The summed E-state index contributed by atoms with van der Waals surface area (Å²) in [6, 6.07) is 6.47. The SMILES string of the molecule is CN(Cc1ccc(C(F)(F)F)cc1)S(=O)(=O)c1cc(C(N)=O)c(NC(=O)c2cc[nH]n2)s1. The van der Waals surface area contributed by atoms with Gasteiger partial charge in [-0.2, -0.15) is 22.6 Å². The predicted octanol–water partition coefficient (Wildman–Crippen LogP) is 2.66. The summed E-state index contributed by atoms with van der Waals surface area (Å²) >= 11 is 0.616. The van der Waals surface area contributed by atoms with Crippen LogP contribution in [0.4, 0.5) is 18.2 Å². The number of halogens is 3. The summed E-state index contributed by atoms with van der Waals surface area (Å²) in [5.74, 6) is -1.64. The number of primary amides is 1. The van der Waals surface area contributed by atoms with Gasteiger partial charge in [-0.05, 0) is 29.8 Å². The van der Waals surface area contributed by atoms with Gasteiger partial charge in [0.2, 0.25) is 0 Å². The fraction of sp³-hybridized carbons (Fsp3) is 0.167. The number of rotatable bonds is 7. The number of aromatic amines is 1. The monoisotopic (exact) mass is 487 g/mol. The molecule has 0 aliphatic rings. The molecule has 170 valence electrons. The van der Waals surface area contributed by atoms with Gasteiger partial charge >= 0.3 is 6.18 Å². The van der Waals surface area contributed by atoms with E-state index < -0.39 is 33.6 Å². The van der Waals surface area contributed by atoms with Crippen LogP contribution < -0.4 is 11.1 Å². The smallest absolute Gasteiger partial charge is 0.366 e. The molecule has 0 aliphatic heterocycles. The lowest BCUT2D eigenvalue weighted by atomic mass is 10.1. The molecule has 1 aromatic carbocycles. The van der Waals surface area contributed by atoms with Crippen molar-refractivity contribution in [2.45, 2.75) is 16.9 Å². The summed E-state index contributed by atoms with van der Waals surface area (Å²) in [4.78, 5) is 24.0. The first kappa shape index (κ1) is 23.4. The van der Waals surface area contributed by atoms with Crippen molar-refractivity contribution in [1.82, 2.24) is 14.5 Å². The molecule has 2 heterocycles. The van der Waals surface area contributed by atoms with Gasteiger partial charge in [-0.25, -0.2) is 8.42 Å². The van der Waals surface area contributed by atoms with Gasteiger partial charge in [0.05, 0.1) is 11.1 Å². The topological polar surface area (TPSA) is 138 Å². The number of nitrogens with one attached hydrogen (secondary N) is 2. The van der Waals surface area contributed by atoms with Crippen LogP contribution in [0, 0.1) is 0 Å². The largest absolute Gasteiger partial charge is 0.416 e. The van der Waals surface area contributed by atoms with Crippen molar-refractivity contribution in [1.29, 1.82) is 0 Å². The quantitative estimate of drug-likeness (QED) is 0.470. The van der Waals surface area contributed by atoms with Crippen LogP contribution in [0.25, 0.3) is 0 Å². The average molecular weight is 487 g/mol. The molecule has 0 radical (unpaired) electrons. The first-order chi connectivity index (χ1) is 14.9. The number of benzene rings is 1. The Kier molecular flexibility index (Phi) is 6.39. The lowest BCUT2D eigenvalue weighted by Crippen LogP contribution is -2.26. The first-order valence-electron chi connectivity index (χ1n) is 8.77. The second kappa shape index (κ2) is 8.72. The summed E-state index contributed by atoms with van der Waals surface area (Å²) < 4.78 is 64.6. The third-order valence-corrected chi connectivity index (χ3v) is 7.59. The minimum absolute atomic E-state index is 0.0117. The Morgan fingerprint density at radius 3 is 2.41 bits per heavy atom. The van der Waals surface area contributed by atoms with Crippen LogP contribution in [-0.4, -0.2) is 41.8 Å². The third-order valence-electron chi connectivity index (χ3n) is 4.29. The van der Waals surface area contributed by atoms with Gasteiger partial charge in [0.15, 0.2) is 0 Å². The van der Waals surface area contributed by atoms with Crippen LogP contribution in [0.15, 0.2) is 46.8 Å². The number of amides is 2. The molecule has 3 aromatic rings. The molecule has 0 unspecified atom stereocenters. The van der Waals surface area contributed by atoms with Crippen LogP contribution in [0.3, 0.4) is 0 Å². The van der Waals surface area contributed by atoms with Crippen LogP contribution >= 0.6 is 11.3 Å². The Balaban J connectivity index is 1.84. The van der Waals surface area contributed by atoms with Crippen LogP contribution in [-0.2, 0) is 22.7 Å². The van der Waals surface area contributed by atoms with E-state index in [1.165, 1.54) is 31.4 Å². The number of nitrogens with two attached hydrogens (primary N) is 1. The Labute approximate surface area is 184 Å². The Morgan fingerprint density at radius 2 is 1.88 bits per heavy atom. The van der Waals surface area contributed by atoms with Crippen molar-refractivity contribution in [3.05, 3.63) is 65.0 Å². The van der Waals surface area contributed by atoms with E-state index in [-0.39, 0.29) is 27.0 Å². The maximum atomic E-state index is 12.9. The number of hydrogen-bond acceptors (Lipinski definition) is 6. The third kappa shape index (κ3) is 4.98. The molecule has 0 spiro atoms. The summed E-state index contributed by atoms with van der Waals surface area (Å²) in [5, 5.41) is 8.47. The number of aromatic nitrogens is 2. The second-order valence-electron chi connectivity index (χ2n) is 6.54. The van der Waals surface area contributed by atoms with E-state index in [4.69, 9.17) is 5.73 Å². The number of carbonyl (C=O) groups is 2. The molecule has 32 heavy (non-hydrogen) atoms. The molecule has 0 saturated heterocycles. The highest BCUT2D eigenvalue weighted by molar-refractivity contribution is 7.91. The number of anilines is 1. The molecule has 0 bridgehead atoms. The van der Waals surface area contributed by atoms with Gasteiger partial charge in [-0.1, -0.05) is 12.1 Å². The summed E-state index contributed by atoms with van der Waals surface area (Å²) in [5.41, 5.74) is 4.58. The van der Waals surface area contributed by atoms with Crippen molar-refractivity contribution >= 4 is 38.2 Å². The van der Waals surface area contributed by atoms with E-state index in [0.717, 1.165) is 22.5 Å². The molecule has 0 fully saturated rings. The van der Waals surface area contributed by atoms with Crippen molar-refractivity contribution in [3.8, 4) is 0 Å². The minimum Gasteiger partial charge on any atom is -0.366 e. The minimum atomic E-state index is -4.50. The zero-order chi connectivity index (χ0) is 23.7. The van der Waals surface area contributed by atoms with Gasteiger partial charge < -0.3 is 11.1 Å². The molecule has 2 aromatic heterocycles. The second-order valence-corrected chi connectivity index (χ2v) is 9.87. The number of hydrogen-bond donors (Lipinski definition) is 3. The molecule has 4 N–H and O–H groups in total. The Hall–Kier alpha value is -3.23. The fourth-order valence-corrected chi connectivity index (χ4v) is 5.36. The summed E-state index contributed by atoms with van der Waals surface area (Å²) in [6.07, 6.45) is -3.10. The molecular weight excluding hydrogens is 471 g/mol. The number of nitrogens with zero attached hydrogens (tertiary/aromatic N) is 2. The van der Waals surface area contributed by atoms with Crippen LogP contribution in [0.1, 0.15) is 32.0 Å². The molecule has 9 nitrogen and oxygen atoms in total. The number of H-pyrrole nitrogens is 1. The van der Waals surface area contributed by atoms with Crippen molar-refractivity contribution in [3.63, 3.8) is 0 Å². The van der Waals surface area contributed by atoms with Gasteiger partial charge in [0.1, 0.15) is 14.9 Å².